The van der Waals surface area contributed by atoms with Crippen molar-refractivity contribution in [1.29, 1.82) is 0 Å². The normalized spacial score (nSPS) is 20.4. The standard InChI is InChI=1S/C40H31N/c1-4-30-36-23-27(26-17-18-29-21-28-12-6-7-14-32(28)34(29)22-26)19-20-40(36)41(38(30)5-2)39-16-10-11-25(3)31-13-8-9-15-33(31)35-24-37(35)39/h4-20,22-23,35,37H,1-3,21,24H2/b11-10-,39-16+. The Morgan fingerprint density at radius 1 is 0.732 bits per heavy atom. The van der Waals surface area contributed by atoms with E-state index in [0.717, 1.165) is 29.7 Å². The van der Waals surface area contributed by atoms with Crippen molar-refractivity contribution < 1.29 is 0 Å². The quantitative estimate of drug-likeness (QED) is 0.216. The van der Waals surface area contributed by atoms with Gasteiger partial charge in [0.25, 0.3) is 0 Å². The second-order valence-corrected chi connectivity index (χ2v) is 11.5. The molecule has 0 radical (unpaired) electrons. The molecule has 0 saturated heterocycles. The molecule has 41 heavy (non-hydrogen) atoms. The van der Waals surface area contributed by atoms with Gasteiger partial charge in [0.2, 0.25) is 0 Å². The van der Waals surface area contributed by atoms with E-state index in [0.29, 0.717) is 11.8 Å². The van der Waals surface area contributed by atoms with Crippen LogP contribution in [0.1, 0.15) is 45.8 Å². The number of hydrogen-bond donors (Lipinski definition) is 0. The first kappa shape index (κ1) is 24.0. The topological polar surface area (TPSA) is 4.93 Å². The van der Waals surface area contributed by atoms with Crippen LogP contribution in [0.15, 0.2) is 123 Å². The van der Waals surface area contributed by atoms with E-state index in [1.165, 1.54) is 61.1 Å². The summed E-state index contributed by atoms with van der Waals surface area (Å²) in [5, 5.41) is 1.21. The Balaban J connectivity index is 1.27. The van der Waals surface area contributed by atoms with Gasteiger partial charge >= 0.3 is 0 Å². The van der Waals surface area contributed by atoms with E-state index in [9.17, 15) is 0 Å². The first-order valence-corrected chi connectivity index (χ1v) is 14.5. The summed E-state index contributed by atoms with van der Waals surface area (Å²) in [6.45, 7) is 12.9. The minimum atomic E-state index is 0.440. The molecule has 1 heterocycles. The Morgan fingerprint density at radius 2 is 1.49 bits per heavy atom. The first-order valence-electron chi connectivity index (χ1n) is 14.5. The first-order chi connectivity index (χ1) is 20.2. The van der Waals surface area contributed by atoms with E-state index in [1.54, 1.807) is 0 Å². The van der Waals surface area contributed by atoms with E-state index >= 15 is 0 Å². The van der Waals surface area contributed by atoms with Crippen LogP contribution in [0.3, 0.4) is 0 Å². The maximum Gasteiger partial charge on any atom is 0.0538 e. The van der Waals surface area contributed by atoms with Crippen molar-refractivity contribution in [3.63, 3.8) is 0 Å². The molecule has 1 heteroatoms. The Morgan fingerprint density at radius 3 is 2.34 bits per heavy atom. The number of hydrogen-bond acceptors (Lipinski definition) is 0. The van der Waals surface area contributed by atoms with Gasteiger partial charge in [0.1, 0.15) is 0 Å². The zero-order valence-corrected chi connectivity index (χ0v) is 23.1. The lowest BCUT2D eigenvalue weighted by Crippen LogP contribution is -2.03. The van der Waals surface area contributed by atoms with Gasteiger partial charge in [-0.1, -0.05) is 105 Å². The van der Waals surface area contributed by atoms with Crippen LogP contribution in [0, 0.1) is 5.92 Å². The summed E-state index contributed by atoms with van der Waals surface area (Å²) in [4.78, 5) is 0. The van der Waals surface area contributed by atoms with Crippen LogP contribution in [-0.2, 0) is 6.42 Å². The fourth-order valence-electron chi connectivity index (χ4n) is 7.21. The van der Waals surface area contributed by atoms with E-state index in [2.05, 4.69) is 127 Å². The van der Waals surface area contributed by atoms with Crippen molar-refractivity contribution in [3.05, 3.63) is 156 Å². The smallest absolute Gasteiger partial charge is 0.0538 e. The summed E-state index contributed by atoms with van der Waals surface area (Å²) in [5.41, 5.74) is 16.5. The van der Waals surface area contributed by atoms with Gasteiger partial charge in [-0.3, -0.25) is 0 Å². The van der Waals surface area contributed by atoms with Gasteiger partial charge in [0.15, 0.2) is 0 Å². The number of fused-ring (bicyclic) bond motifs is 7. The SMILES string of the molecule is C=Cc1c(C=C)n(/C2=C/C=C\C(=C)c3ccccc3C3CC23)c2ccc(-c3ccc4c(c3)-c3ccccc3C4)cc12. The van der Waals surface area contributed by atoms with E-state index in [1.807, 2.05) is 12.2 Å². The third-order valence-electron chi connectivity index (χ3n) is 9.27. The fourth-order valence-corrected chi connectivity index (χ4v) is 7.21. The van der Waals surface area contributed by atoms with Crippen molar-refractivity contribution in [1.82, 2.24) is 4.57 Å². The predicted molar refractivity (Wildman–Crippen MR) is 176 cm³/mol. The molecule has 8 rings (SSSR count). The Bertz CT molecular complexity index is 2010. The maximum absolute atomic E-state index is 4.37. The summed E-state index contributed by atoms with van der Waals surface area (Å²) in [6, 6.07) is 31.4. The highest BCUT2D eigenvalue weighted by atomic mass is 15.0. The molecular formula is C40H31N. The molecule has 1 nitrogen and oxygen atoms in total. The van der Waals surface area contributed by atoms with Crippen molar-refractivity contribution >= 4 is 34.3 Å². The summed E-state index contributed by atoms with van der Waals surface area (Å²) < 4.78 is 2.42. The third-order valence-corrected chi connectivity index (χ3v) is 9.27. The summed E-state index contributed by atoms with van der Waals surface area (Å²) in [7, 11) is 0. The zero-order valence-electron chi connectivity index (χ0n) is 23.1. The van der Waals surface area contributed by atoms with Crippen LogP contribution in [0.5, 0.6) is 0 Å². The molecule has 5 aromatic rings. The zero-order chi connectivity index (χ0) is 27.7. The molecule has 3 aliphatic carbocycles. The number of nitrogens with zero attached hydrogens (tertiary/aromatic N) is 1. The van der Waals surface area contributed by atoms with Gasteiger partial charge in [0.05, 0.1) is 11.2 Å². The van der Waals surface area contributed by atoms with Crippen LogP contribution in [-0.4, -0.2) is 4.57 Å². The molecule has 1 aromatic heterocycles. The molecule has 2 atom stereocenters. The molecule has 1 fully saturated rings. The monoisotopic (exact) mass is 525 g/mol. The average molecular weight is 526 g/mol. The van der Waals surface area contributed by atoms with Crippen LogP contribution < -0.4 is 0 Å². The fraction of sp³-hybridized carbons (Fsp3) is 0.100. The molecule has 2 unspecified atom stereocenters. The number of benzene rings is 4. The van der Waals surface area contributed by atoms with Crippen LogP contribution >= 0.6 is 0 Å². The van der Waals surface area contributed by atoms with E-state index in [-0.39, 0.29) is 0 Å². The number of rotatable bonds is 4. The summed E-state index contributed by atoms with van der Waals surface area (Å²) in [5.74, 6) is 0.931. The molecule has 0 bridgehead atoms. The lowest BCUT2D eigenvalue weighted by Gasteiger charge is -2.15. The highest BCUT2D eigenvalue weighted by molar-refractivity contribution is 5.99. The van der Waals surface area contributed by atoms with Crippen molar-refractivity contribution in [2.45, 2.75) is 18.8 Å². The lowest BCUT2D eigenvalue weighted by atomic mass is 9.96. The number of allylic oxidation sites excluding steroid dienone is 5. The highest BCUT2D eigenvalue weighted by Crippen LogP contribution is 2.56. The van der Waals surface area contributed by atoms with Crippen molar-refractivity contribution in [2.75, 3.05) is 0 Å². The molecule has 3 aliphatic rings. The predicted octanol–water partition coefficient (Wildman–Crippen LogP) is 10.4. The van der Waals surface area contributed by atoms with Crippen LogP contribution in [0.4, 0.5) is 0 Å². The highest BCUT2D eigenvalue weighted by Gasteiger charge is 2.43. The average Bonchev–Trinajstić information content (AvgIpc) is 3.60. The van der Waals surface area contributed by atoms with E-state index < -0.39 is 0 Å². The van der Waals surface area contributed by atoms with Gasteiger partial charge in [-0.15, -0.1) is 0 Å². The van der Waals surface area contributed by atoms with E-state index in [4.69, 9.17) is 0 Å². The van der Waals surface area contributed by atoms with Crippen molar-refractivity contribution in [2.24, 2.45) is 5.92 Å². The Kier molecular flexibility index (Phi) is 5.30. The van der Waals surface area contributed by atoms with Gasteiger partial charge in [-0.05, 0) is 99.2 Å². The summed E-state index contributed by atoms with van der Waals surface area (Å²) >= 11 is 0. The minimum Gasteiger partial charge on any atom is -0.313 e. The van der Waals surface area contributed by atoms with Gasteiger partial charge in [-0.25, -0.2) is 0 Å². The van der Waals surface area contributed by atoms with Gasteiger partial charge < -0.3 is 4.57 Å². The van der Waals surface area contributed by atoms with Crippen LogP contribution in [0.25, 0.3) is 56.6 Å². The molecule has 1 saturated carbocycles. The molecular weight excluding hydrogens is 494 g/mol. The van der Waals surface area contributed by atoms with Crippen LogP contribution in [0.2, 0.25) is 0 Å². The molecule has 4 aromatic carbocycles. The molecule has 0 aliphatic heterocycles. The maximum atomic E-state index is 4.37. The Hall–Kier alpha value is -4.88. The van der Waals surface area contributed by atoms with Crippen molar-refractivity contribution in [3.8, 4) is 22.3 Å². The lowest BCUT2D eigenvalue weighted by molar-refractivity contribution is 0.939. The second kappa shape index (κ2) is 9.08. The molecule has 0 spiro atoms. The third kappa shape index (κ3) is 3.62. The molecule has 0 N–H and O–H groups in total. The van der Waals surface area contributed by atoms with Gasteiger partial charge in [0, 0.05) is 22.6 Å². The minimum absolute atomic E-state index is 0.440. The number of aromatic nitrogens is 1. The summed E-state index contributed by atoms with van der Waals surface area (Å²) in [6.07, 6.45) is 12.7. The Labute approximate surface area is 241 Å². The molecule has 0 amide bonds. The van der Waals surface area contributed by atoms with Gasteiger partial charge in [-0.2, -0.15) is 0 Å². The largest absolute Gasteiger partial charge is 0.313 e. The second-order valence-electron chi connectivity index (χ2n) is 11.5. The molecule has 196 valence electrons.